The van der Waals surface area contributed by atoms with Crippen molar-refractivity contribution in [2.45, 2.75) is 38.0 Å². The van der Waals surface area contributed by atoms with Crippen LogP contribution in [-0.4, -0.2) is 30.6 Å². The minimum Gasteiger partial charge on any atom is -0.399 e. The molecule has 1 saturated heterocycles. The summed E-state index contributed by atoms with van der Waals surface area (Å²) in [4.78, 5) is 11.5. The zero-order chi connectivity index (χ0) is 15.0. The summed E-state index contributed by atoms with van der Waals surface area (Å²) in [6.45, 7) is 3.85. The molecule has 1 aromatic carbocycles. The van der Waals surface area contributed by atoms with E-state index < -0.39 is 15.6 Å². The van der Waals surface area contributed by atoms with E-state index in [2.05, 4.69) is 0 Å². The standard InChI is InChI=1S/C14H20N2O3S/c1-14(2)9-13(17)6-7-16(14)20(18,19)10-11-4-3-5-12(15)8-11/h3-5,8H,6-7,9-10,15H2,1-2H3. The summed E-state index contributed by atoms with van der Waals surface area (Å²) in [5, 5.41) is 0. The van der Waals surface area contributed by atoms with Crippen LogP contribution in [0.25, 0.3) is 0 Å². The van der Waals surface area contributed by atoms with Crippen molar-refractivity contribution in [2.24, 2.45) is 0 Å². The number of hydrogen-bond acceptors (Lipinski definition) is 4. The summed E-state index contributed by atoms with van der Waals surface area (Å²) in [7, 11) is -3.46. The van der Waals surface area contributed by atoms with Gasteiger partial charge in [-0.05, 0) is 31.5 Å². The van der Waals surface area contributed by atoms with Gasteiger partial charge in [-0.1, -0.05) is 12.1 Å². The van der Waals surface area contributed by atoms with Crippen LogP contribution in [0.1, 0.15) is 32.3 Å². The number of carbonyl (C=O) groups excluding carboxylic acids is 1. The first-order chi connectivity index (χ1) is 9.21. The summed E-state index contributed by atoms with van der Waals surface area (Å²) >= 11 is 0. The number of anilines is 1. The Morgan fingerprint density at radius 1 is 1.35 bits per heavy atom. The Bertz CT molecular complexity index is 623. The second-order valence-corrected chi connectivity index (χ2v) is 7.74. The first-order valence-corrected chi connectivity index (χ1v) is 8.18. The van der Waals surface area contributed by atoms with Crippen LogP contribution in [-0.2, 0) is 20.6 Å². The molecule has 0 saturated carbocycles. The molecule has 6 heteroatoms. The smallest absolute Gasteiger partial charge is 0.218 e. The monoisotopic (exact) mass is 296 g/mol. The van der Waals surface area contributed by atoms with Gasteiger partial charge < -0.3 is 5.73 Å². The molecule has 1 fully saturated rings. The SMILES string of the molecule is CC1(C)CC(=O)CCN1S(=O)(=O)Cc1cccc(N)c1. The van der Waals surface area contributed by atoms with Gasteiger partial charge in [0, 0.05) is 30.6 Å². The van der Waals surface area contributed by atoms with Crippen molar-refractivity contribution < 1.29 is 13.2 Å². The first kappa shape index (κ1) is 15.0. The van der Waals surface area contributed by atoms with E-state index in [1.807, 2.05) is 0 Å². The molecule has 1 aliphatic rings. The number of benzene rings is 1. The number of Topliss-reactive ketones (excluding diaryl/α,β-unsaturated/α-hetero) is 1. The molecular formula is C14H20N2O3S. The molecule has 0 amide bonds. The van der Waals surface area contributed by atoms with Crippen LogP contribution in [0, 0.1) is 0 Å². The highest BCUT2D eigenvalue weighted by Gasteiger charge is 2.40. The highest BCUT2D eigenvalue weighted by Crippen LogP contribution is 2.29. The van der Waals surface area contributed by atoms with E-state index in [1.165, 1.54) is 4.31 Å². The van der Waals surface area contributed by atoms with Gasteiger partial charge in [-0.25, -0.2) is 8.42 Å². The second kappa shape index (κ2) is 5.18. The average molecular weight is 296 g/mol. The van der Waals surface area contributed by atoms with Crippen molar-refractivity contribution in [3.63, 3.8) is 0 Å². The fourth-order valence-corrected chi connectivity index (χ4v) is 4.62. The summed E-state index contributed by atoms with van der Waals surface area (Å²) < 4.78 is 26.6. The molecule has 0 spiro atoms. The van der Waals surface area contributed by atoms with Gasteiger partial charge in [0.25, 0.3) is 0 Å². The third-order valence-corrected chi connectivity index (χ3v) is 5.58. The van der Waals surface area contributed by atoms with Gasteiger partial charge in [0.05, 0.1) is 5.75 Å². The highest BCUT2D eigenvalue weighted by molar-refractivity contribution is 7.88. The lowest BCUT2D eigenvalue weighted by molar-refractivity contribution is -0.123. The molecule has 1 aliphatic heterocycles. The largest absolute Gasteiger partial charge is 0.399 e. The quantitative estimate of drug-likeness (QED) is 0.858. The number of ketones is 1. The summed E-state index contributed by atoms with van der Waals surface area (Å²) in [6.07, 6.45) is 0.558. The van der Waals surface area contributed by atoms with Crippen molar-refractivity contribution in [3.8, 4) is 0 Å². The molecule has 2 N–H and O–H groups in total. The third kappa shape index (κ3) is 3.19. The maximum absolute atomic E-state index is 12.6. The number of nitrogens with two attached hydrogens (primary N) is 1. The Kier molecular flexibility index (Phi) is 3.88. The molecule has 0 radical (unpaired) electrons. The van der Waals surface area contributed by atoms with E-state index in [0.717, 1.165) is 0 Å². The normalized spacial score (nSPS) is 20.0. The topological polar surface area (TPSA) is 80.5 Å². The first-order valence-electron chi connectivity index (χ1n) is 6.57. The number of hydrogen-bond donors (Lipinski definition) is 1. The van der Waals surface area contributed by atoms with Crippen molar-refractivity contribution in [1.29, 1.82) is 0 Å². The van der Waals surface area contributed by atoms with Crippen LogP contribution >= 0.6 is 0 Å². The zero-order valence-electron chi connectivity index (χ0n) is 11.8. The second-order valence-electron chi connectivity index (χ2n) is 5.85. The van der Waals surface area contributed by atoms with Gasteiger partial charge in [-0.15, -0.1) is 0 Å². The Balaban J connectivity index is 2.24. The maximum atomic E-state index is 12.6. The molecule has 1 aromatic rings. The highest BCUT2D eigenvalue weighted by atomic mass is 32.2. The van der Waals surface area contributed by atoms with Crippen LogP contribution in [0.15, 0.2) is 24.3 Å². The number of piperidine rings is 1. The molecule has 0 bridgehead atoms. The number of nitrogens with zero attached hydrogens (tertiary/aromatic N) is 1. The third-order valence-electron chi connectivity index (χ3n) is 3.53. The number of carbonyl (C=O) groups is 1. The molecule has 0 atom stereocenters. The lowest BCUT2D eigenvalue weighted by Gasteiger charge is -2.40. The van der Waals surface area contributed by atoms with Crippen LogP contribution in [0.4, 0.5) is 5.69 Å². The predicted octanol–water partition coefficient (Wildman–Crippen LogP) is 1.54. The molecule has 1 heterocycles. The summed E-state index contributed by atoms with van der Waals surface area (Å²) in [5.41, 5.74) is 6.23. The fourth-order valence-electron chi connectivity index (χ4n) is 2.68. The molecular weight excluding hydrogens is 276 g/mol. The molecule has 0 aliphatic carbocycles. The van der Waals surface area contributed by atoms with E-state index in [-0.39, 0.29) is 24.5 Å². The van der Waals surface area contributed by atoms with Crippen LogP contribution < -0.4 is 5.73 Å². The van der Waals surface area contributed by atoms with Crippen molar-refractivity contribution in [1.82, 2.24) is 4.31 Å². The Morgan fingerprint density at radius 3 is 2.65 bits per heavy atom. The van der Waals surface area contributed by atoms with Crippen molar-refractivity contribution in [3.05, 3.63) is 29.8 Å². The van der Waals surface area contributed by atoms with Crippen LogP contribution in [0.5, 0.6) is 0 Å². The molecule has 0 aromatic heterocycles. The molecule has 0 unspecified atom stereocenters. The number of nitrogen functional groups attached to an aromatic ring is 1. The maximum Gasteiger partial charge on any atom is 0.218 e. The van der Waals surface area contributed by atoms with E-state index in [0.29, 0.717) is 17.7 Å². The van der Waals surface area contributed by atoms with E-state index in [9.17, 15) is 13.2 Å². The fraction of sp³-hybridized carbons (Fsp3) is 0.500. The zero-order valence-corrected chi connectivity index (χ0v) is 12.6. The van der Waals surface area contributed by atoms with Gasteiger partial charge in [0.2, 0.25) is 10.0 Å². The molecule has 110 valence electrons. The predicted molar refractivity (Wildman–Crippen MR) is 78.5 cm³/mol. The number of sulfonamides is 1. The van der Waals surface area contributed by atoms with E-state index >= 15 is 0 Å². The molecule has 20 heavy (non-hydrogen) atoms. The van der Waals surface area contributed by atoms with Crippen molar-refractivity contribution >= 4 is 21.5 Å². The minimum absolute atomic E-state index is 0.0876. The van der Waals surface area contributed by atoms with Gasteiger partial charge in [0.1, 0.15) is 5.78 Å². The van der Waals surface area contributed by atoms with E-state index in [1.54, 1.807) is 38.1 Å². The summed E-state index contributed by atoms with van der Waals surface area (Å²) in [5.74, 6) is 0.0285. The number of rotatable bonds is 3. The molecule has 2 rings (SSSR count). The lowest BCUT2D eigenvalue weighted by Crippen LogP contribution is -2.53. The minimum atomic E-state index is -3.46. The van der Waals surface area contributed by atoms with Crippen LogP contribution in [0.2, 0.25) is 0 Å². The Morgan fingerprint density at radius 2 is 2.05 bits per heavy atom. The summed E-state index contributed by atoms with van der Waals surface area (Å²) in [6, 6.07) is 6.88. The van der Waals surface area contributed by atoms with Gasteiger partial charge in [-0.2, -0.15) is 4.31 Å². The van der Waals surface area contributed by atoms with Gasteiger partial charge >= 0.3 is 0 Å². The van der Waals surface area contributed by atoms with Crippen molar-refractivity contribution in [2.75, 3.05) is 12.3 Å². The van der Waals surface area contributed by atoms with Gasteiger partial charge in [-0.3, -0.25) is 4.79 Å². The Hall–Kier alpha value is -1.40. The van der Waals surface area contributed by atoms with Crippen LogP contribution in [0.3, 0.4) is 0 Å². The van der Waals surface area contributed by atoms with E-state index in [4.69, 9.17) is 5.73 Å². The van der Waals surface area contributed by atoms with Gasteiger partial charge in [0.15, 0.2) is 0 Å². The Labute approximate surface area is 119 Å². The average Bonchev–Trinajstić information content (AvgIpc) is 2.25. The lowest BCUT2D eigenvalue weighted by atomic mass is 9.92. The molecule has 5 nitrogen and oxygen atoms in total.